The lowest BCUT2D eigenvalue weighted by atomic mass is 9.98. The zero-order valence-electron chi connectivity index (χ0n) is 12.8. The number of nitrogens with zero attached hydrogens (tertiary/aromatic N) is 2. The largest absolute Gasteiger partial charge is 0.319 e. The highest BCUT2D eigenvalue weighted by molar-refractivity contribution is 7.86. The molecular formula is C14H29N3O2S. The summed E-state index contributed by atoms with van der Waals surface area (Å²) >= 11 is 0. The molecule has 0 radical (unpaired) electrons. The van der Waals surface area contributed by atoms with Crippen molar-refractivity contribution in [3.8, 4) is 0 Å². The molecule has 1 atom stereocenters. The van der Waals surface area contributed by atoms with Gasteiger partial charge in [0.05, 0.1) is 0 Å². The molecule has 6 heteroatoms. The molecule has 0 aromatic rings. The minimum Gasteiger partial charge on any atom is -0.319 e. The molecule has 1 N–H and O–H groups in total. The van der Waals surface area contributed by atoms with Crippen molar-refractivity contribution in [2.75, 3.05) is 33.2 Å². The maximum atomic E-state index is 12.8. The van der Waals surface area contributed by atoms with Gasteiger partial charge in [0.1, 0.15) is 0 Å². The first-order valence-corrected chi connectivity index (χ1v) is 9.37. The fourth-order valence-electron chi connectivity index (χ4n) is 3.37. The van der Waals surface area contributed by atoms with Crippen molar-refractivity contribution >= 4 is 10.2 Å². The van der Waals surface area contributed by atoms with Crippen molar-refractivity contribution in [1.29, 1.82) is 0 Å². The van der Waals surface area contributed by atoms with E-state index in [1.54, 1.807) is 8.61 Å². The van der Waals surface area contributed by atoms with E-state index < -0.39 is 10.2 Å². The molecular weight excluding hydrogens is 274 g/mol. The van der Waals surface area contributed by atoms with Gasteiger partial charge >= 0.3 is 0 Å². The van der Waals surface area contributed by atoms with Crippen LogP contribution >= 0.6 is 0 Å². The second-order valence-corrected chi connectivity index (χ2v) is 8.10. The summed E-state index contributed by atoms with van der Waals surface area (Å²) < 4.78 is 29.1. The van der Waals surface area contributed by atoms with Gasteiger partial charge in [-0.2, -0.15) is 17.0 Å². The summed E-state index contributed by atoms with van der Waals surface area (Å²) in [6.45, 7) is 5.10. The Hall–Kier alpha value is -0.170. The summed E-state index contributed by atoms with van der Waals surface area (Å²) in [6, 6.07) is 0.150. The Bertz CT molecular complexity index is 391. The first kappa shape index (κ1) is 16.2. The number of piperidine rings is 1. The van der Waals surface area contributed by atoms with E-state index in [2.05, 4.69) is 12.2 Å². The number of hydrogen-bond donors (Lipinski definition) is 1. The van der Waals surface area contributed by atoms with Crippen molar-refractivity contribution in [3.63, 3.8) is 0 Å². The van der Waals surface area contributed by atoms with Crippen LogP contribution in [0.4, 0.5) is 0 Å². The molecule has 2 heterocycles. The lowest BCUT2D eigenvalue weighted by Crippen LogP contribution is -2.50. The highest BCUT2D eigenvalue weighted by Crippen LogP contribution is 2.25. The Labute approximate surface area is 123 Å². The molecule has 20 heavy (non-hydrogen) atoms. The normalized spacial score (nSPS) is 28.4. The SMILES string of the molecule is CNCC1CCN(S(=O)(=O)N2CCCCCC2C)CC1. The van der Waals surface area contributed by atoms with Gasteiger partial charge in [-0.25, -0.2) is 0 Å². The standard InChI is InChI=1S/C14H29N3O2S/c1-13-6-4-3-5-9-17(13)20(18,19)16-10-7-14(8-11-16)12-15-2/h13-15H,3-12H2,1-2H3. The van der Waals surface area contributed by atoms with Crippen LogP contribution in [0.5, 0.6) is 0 Å². The average molecular weight is 303 g/mol. The molecule has 118 valence electrons. The van der Waals surface area contributed by atoms with Crippen molar-refractivity contribution in [3.05, 3.63) is 0 Å². The zero-order valence-corrected chi connectivity index (χ0v) is 13.7. The van der Waals surface area contributed by atoms with E-state index in [0.717, 1.165) is 45.1 Å². The third-order valence-corrected chi connectivity index (χ3v) is 6.83. The number of nitrogens with one attached hydrogen (secondary N) is 1. The second-order valence-electron chi connectivity index (χ2n) is 6.22. The maximum Gasteiger partial charge on any atom is 0.282 e. The van der Waals surface area contributed by atoms with E-state index in [0.29, 0.717) is 25.6 Å². The molecule has 2 fully saturated rings. The van der Waals surface area contributed by atoms with Crippen LogP contribution < -0.4 is 5.32 Å². The van der Waals surface area contributed by atoms with E-state index in [1.165, 1.54) is 0 Å². The average Bonchev–Trinajstić information content (AvgIpc) is 2.65. The van der Waals surface area contributed by atoms with Gasteiger partial charge in [0, 0.05) is 25.7 Å². The smallest absolute Gasteiger partial charge is 0.282 e. The van der Waals surface area contributed by atoms with Crippen LogP contribution in [-0.2, 0) is 10.2 Å². The van der Waals surface area contributed by atoms with E-state index in [-0.39, 0.29) is 6.04 Å². The molecule has 2 aliphatic rings. The molecule has 0 bridgehead atoms. The molecule has 0 amide bonds. The van der Waals surface area contributed by atoms with Crippen LogP contribution in [0, 0.1) is 5.92 Å². The predicted molar refractivity (Wildman–Crippen MR) is 81.8 cm³/mol. The minimum absolute atomic E-state index is 0.150. The Balaban J connectivity index is 1.99. The first-order chi connectivity index (χ1) is 9.55. The van der Waals surface area contributed by atoms with Gasteiger partial charge in [0.25, 0.3) is 10.2 Å². The fraction of sp³-hybridized carbons (Fsp3) is 1.00. The summed E-state index contributed by atoms with van der Waals surface area (Å²) in [6.07, 6.45) is 6.25. The molecule has 2 saturated heterocycles. The van der Waals surface area contributed by atoms with Crippen LogP contribution in [0.2, 0.25) is 0 Å². The summed E-state index contributed by atoms with van der Waals surface area (Å²) in [4.78, 5) is 0. The van der Waals surface area contributed by atoms with Crippen molar-refractivity contribution in [2.24, 2.45) is 5.92 Å². The van der Waals surface area contributed by atoms with Gasteiger partial charge in [-0.15, -0.1) is 0 Å². The van der Waals surface area contributed by atoms with Crippen molar-refractivity contribution in [2.45, 2.75) is 51.5 Å². The molecule has 5 nitrogen and oxygen atoms in total. The van der Waals surface area contributed by atoms with Gasteiger partial charge in [-0.3, -0.25) is 0 Å². The predicted octanol–water partition coefficient (Wildman–Crippen LogP) is 1.43. The van der Waals surface area contributed by atoms with Gasteiger partial charge in [0.15, 0.2) is 0 Å². The van der Waals surface area contributed by atoms with E-state index in [1.807, 2.05) is 7.05 Å². The van der Waals surface area contributed by atoms with Crippen LogP contribution in [0.3, 0.4) is 0 Å². The quantitative estimate of drug-likeness (QED) is 0.855. The van der Waals surface area contributed by atoms with Gasteiger partial charge in [-0.1, -0.05) is 12.8 Å². The molecule has 2 aliphatic heterocycles. The third kappa shape index (κ3) is 3.72. The van der Waals surface area contributed by atoms with Gasteiger partial charge in [-0.05, 0) is 52.1 Å². The van der Waals surface area contributed by atoms with Crippen LogP contribution in [0.1, 0.15) is 45.4 Å². The molecule has 2 rings (SSSR count). The Morgan fingerprint density at radius 1 is 1.05 bits per heavy atom. The molecule has 0 aromatic carbocycles. The highest BCUT2D eigenvalue weighted by Gasteiger charge is 2.35. The third-order valence-electron chi connectivity index (χ3n) is 4.68. The monoisotopic (exact) mass is 303 g/mol. The summed E-state index contributed by atoms with van der Waals surface area (Å²) in [7, 11) is -1.29. The second kappa shape index (κ2) is 7.20. The first-order valence-electron chi connectivity index (χ1n) is 7.97. The van der Waals surface area contributed by atoms with Crippen molar-refractivity contribution < 1.29 is 8.42 Å². The lowest BCUT2D eigenvalue weighted by Gasteiger charge is -2.36. The Kier molecular flexibility index (Phi) is 5.84. The lowest BCUT2D eigenvalue weighted by molar-refractivity contribution is 0.240. The van der Waals surface area contributed by atoms with E-state index in [4.69, 9.17) is 0 Å². The van der Waals surface area contributed by atoms with Crippen LogP contribution in [0.25, 0.3) is 0 Å². The van der Waals surface area contributed by atoms with Crippen LogP contribution in [0.15, 0.2) is 0 Å². The van der Waals surface area contributed by atoms with Gasteiger partial charge in [0.2, 0.25) is 0 Å². The molecule has 0 aromatic heterocycles. The van der Waals surface area contributed by atoms with Crippen LogP contribution in [-0.4, -0.2) is 56.3 Å². The maximum absolute atomic E-state index is 12.8. The molecule has 0 saturated carbocycles. The van der Waals surface area contributed by atoms with E-state index >= 15 is 0 Å². The zero-order chi connectivity index (χ0) is 14.6. The highest BCUT2D eigenvalue weighted by atomic mass is 32.2. The fourth-order valence-corrected chi connectivity index (χ4v) is 5.26. The molecule has 1 unspecified atom stereocenters. The Morgan fingerprint density at radius 2 is 1.75 bits per heavy atom. The number of hydrogen-bond acceptors (Lipinski definition) is 3. The van der Waals surface area contributed by atoms with E-state index in [9.17, 15) is 8.42 Å². The Morgan fingerprint density at radius 3 is 2.40 bits per heavy atom. The topological polar surface area (TPSA) is 52.7 Å². The summed E-state index contributed by atoms with van der Waals surface area (Å²) in [5.41, 5.74) is 0. The minimum atomic E-state index is -3.25. The summed E-state index contributed by atoms with van der Waals surface area (Å²) in [5, 5.41) is 3.19. The van der Waals surface area contributed by atoms with Crippen molar-refractivity contribution in [1.82, 2.24) is 13.9 Å². The summed E-state index contributed by atoms with van der Waals surface area (Å²) in [5.74, 6) is 0.619. The number of rotatable bonds is 4. The molecule has 0 aliphatic carbocycles. The molecule has 0 spiro atoms. The van der Waals surface area contributed by atoms with Gasteiger partial charge < -0.3 is 5.32 Å².